The zero-order chi connectivity index (χ0) is 20.1. The monoisotopic (exact) mass is 376 g/mol. The van der Waals surface area contributed by atoms with Crippen molar-refractivity contribution in [1.29, 1.82) is 0 Å². The smallest absolute Gasteiger partial charge is 0.279 e. The first-order valence-electron chi connectivity index (χ1n) is 7.27. The lowest BCUT2D eigenvalue weighted by atomic mass is 10.1. The lowest BCUT2D eigenvalue weighted by molar-refractivity contribution is -0.394. The van der Waals surface area contributed by atoms with Crippen molar-refractivity contribution in [1.82, 2.24) is 0 Å². The molecule has 0 radical (unpaired) electrons. The van der Waals surface area contributed by atoms with Crippen LogP contribution in [0.1, 0.15) is 5.56 Å². The second-order valence-electron chi connectivity index (χ2n) is 5.19. The van der Waals surface area contributed by atoms with Crippen molar-refractivity contribution in [3.63, 3.8) is 0 Å². The first-order chi connectivity index (χ1) is 12.7. The molecule has 0 heterocycles. The number of nitro benzene ring substituents is 3. The van der Waals surface area contributed by atoms with Crippen LogP contribution in [0.15, 0.2) is 36.4 Å². The molecule has 0 saturated carbocycles. The lowest BCUT2D eigenvalue weighted by Gasteiger charge is -2.10. The number of anilines is 1. The summed E-state index contributed by atoms with van der Waals surface area (Å²) in [5, 5.41) is 35.1. The molecule has 27 heavy (non-hydrogen) atoms. The van der Waals surface area contributed by atoms with Crippen molar-refractivity contribution in [3.05, 3.63) is 72.3 Å². The summed E-state index contributed by atoms with van der Waals surface area (Å²) < 4.78 is 4.99. The SMILES string of the molecule is COc1cc([N+](=O)[O-])ccc1NC(=O)Cc1ccc([N+](=O)[O-])cc1[N+](=O)[O-]. The topological polar surface area (TPSA) is 168 Å². The Morgan fingerprint density at radius 1 is 0.963 bits per heavy atom. The van der Waals surface area contributed by atoms with Crippen LogP contribution in [0.25, 0.3) is 0 Å². The first kappa shape index (κ1) is 19.2. The van der Waals surface area contributed by atoms with Crippen LogP contribution in [0.3, 0.4) is 0 Å². The van der Waals surface area contributed by atoms with E-state index in [1.54, 1.807) is 0 Å². The standard InChI is InChI=1S/C15H12N4O8/c1-27-14-8-11(18(23)24)4-5-12(14)16-15(20)6-9-2-3-10(17(21)22)7-13(9)19(25)26/h2-5,7-8H,6H2,1H3,(H,16,20). The highest BCUT2D eigenvalue weighted by Crippen LogP contribution is 2.30. The molecule has 0 fully saturated rings. The van der Waals surface area contributed by atoms with Crippen molar-refractivity contribution in [3.8, 4) is 5.75 Å². The van der Waals surface area contributed by atoms with Crippen LogP contribution < -0.4 is 10.1 Å². The van der Waals surface area contributed by atoms with Crippen LogP contribution in [-0.2, 0) is 11.2 Å². The Balaban J connectivity index is 2.25. The second kappa shape index (κ2) is 7.86. The van der Waals surface area contributed by atoms with Gasteiger partial charge in [0.15, 0.2) is 0 Å². The van der Waals surface area contributed by atoms with Gasteiger partial charge in [0.2, 0.25) is 5.91 Å². The number of benzene rings is 2. The van der Waals surface area contributed by atoms with Crippen LogP contribution in [0.4, 0.5) is 22.7 Å². The summed E-state index contributed by atoms with van der Waals surface area (Å²) >= 11 is 0. The van der Waals surface area contributed by atoms with Gasteiger partial charge in [-0.1, -0.05) is 0 Å². The van der Waals surface area contributed by atoms with Crippen LogP contribution in [-0.4, -0.2) is 27.8 Å². The Hall–Kier alpha value is -4.09. The zero-order valence-electron chi connectivity index (χ0n) is 13.8. The van der Waals surface area contributed by atoms with E-state index in [0.29, 0.717) is 0 Å². The Bertz CT molecular complexity index is 943. The van der Waals surface area contributed by atoms with Crippen LogP contribution in [0, 0.1) is 30.3 Å². The van der Waals surface area contributed by atoms with Gasteiger partial charge in [-0.05, 0) is 12.1 Å². The van der Waals surface area contributed by atoms with Crippen molar-refractivity contribution >= 4 is 28.7 Å². The van der Waals surface area contributed by atoms with Gasteiger partial charge in [0.1, 0.15) is 5.75 Å². The third-order valence-electron chi connectivity index (χ3n) is 3.50. The maximum absolute atomic E-state index is 12.2. The van der Waals surface area contributed by atoms with Gasteiger partial charge in [-0.15, -0.1) is 0 Å². The molecule has 1 amide bonds. The largest absolute Gasteiger partial charge is 0.494 e. The van der Waals surface area contributed by atoms with Crippen molar-refractivity contribution in [2.45, 2.75) is 6.42 Å². The number of hydrogen-bond acceptors (Lipinski definition) is 8. The number of rotatable bonds is 7. The molecule has 0 atom stereocenters. The molecule has 2 aromatic rings. The number of ether oxygens (including phenoxy) is 1. The number of methoxy groups -OCH3 is 1. The van der Waals surface area contributed by atoms with Gasteiger partial charge < -0.3 is 10.1 Å². The lowest BCUT2D eigenvalue weighted by Crippen LogP contribution is -2.16. The van der Waals surface area contributed by atoms with Gasteiger partial charge in [0.25, 0.3) is 17.1 Å². The molecule has 0 aliphatic heterocycles. The van der Waals surface area contributed by atoms with E-state index >= 15 is 0 Å². The molecule has 0 bridgehead atoms. The van der Waals surface area contributed by atoms with Gasteiger partial charge in [0.05, 0.1) is 46.1 Å². The molecule has 1 N–H and O–H groups in total. The zero-order valence-corrected chi connectivity index (χ0v) is 13.8. The van der Waals surface area contributed by atoms with Crippen molar-refractivity contribution in [2.75, 3.05) is 12.4 Å². The third kappa shape index (κ3) is 4.50. The normalized spacial score (nSPS) is 10.1. The average molecular weight is 376 g/mol. The number of non-ortho nitro benzene ring substituents is 2. The minimum atomic E-state index is -0.817. The fourth-order valence-electron chi connectivity index (χ4n) is 2.25. The van der Waals surface area contributed by atoms with Crippen LogP contribution >= 0.6 is 0 Å². The van der Waals surface area contributed by atoms with Gasteiger partial charge in [-0.2, -0.15) is 0 Å². The molecule has 0 aliphatic rings. The molecule has 0 saturated heterocycles. The number of nitro groups is 3. The van der Waals surface area contributed by atoms with E-state index in [2.05, 4.69) is 5.32 Å². The minimum absolute atomic E-state index is 0.0241. The van der Waals surface area contributed by atoms with Gasteiger partial charge in [-0.3, -0.25) is 35.1 Å². The highest BCUT2D eigenvalue weighted by Gasteiger charge is 2.22. The van der Waals surface area contributed by atoms with E-state index in [0.717, 1.165) is 30.3 Å². The van der Waals surface area contributed by atoms with E-state index in [1.807, 2.05) is 0 Å². The Kier molecular flexibility index (Phi) is 5.60. The second-order valence-corrected chi connectivity index (χ2v) is 5.19. The third-order valence-corrected chi connectivity index (χ3v) is 3.50. The maximum Gasteiger partial charge on any atom is 0.279 e. The number of carbonyl (C=O) groups is 1. The number of amides is 1. The van der Waals surface area contributed by atoms with Gasteiger partial charge >= 0.3 is 0 Å². The van der Waals surface area contributed by atoms with E-state index in [1.165, 1.54) is 13.2 Å². The first-order valence-corrected chi connectivity index (χ1v) is 7.27. The molecule has 0 unspecified atom stereocenters. The van der Waals surface area contributed by atoms with Gasteiger partial charge in [0, 0.05) is 17.7 Å². The van der Waals surface area contributed by atoms with E-state index in [-0.39, 0.29) is 22.7 Å². The predicted molar refractivity (Wildman–Crippen MR) is 91.7 cm³/mol. The van der Waals surface area contributed by atoms with Crippen molar-refractivity contribution < 1.29 is 24.3 Å². The number of hydrogen-bond donors (Lipinski definition) is 1. The van der Waals surface area contributed by atoms with Gasteiger partial charge in [-0.25, -0.2) is 0 Å². The Morgan fingerprint density at radius 3 is 2.11 bits per heavy atom. The van der Waals surface area contributed by atoms with E-state index in [4.69, 9.17) is 4.74 Å². The summed E-state index contributed by atoms with van der Waals surface area (Å²) in [7, 11) is 1.26. The summed E-state index contributed by atoms with van der Waals surface area (Å²) in [5.74, 6) is -0.630. The fourth-order valence-corrected chi connectivity index (χ4v) is 2.25. The highest BCUT2D eigenvalue weighted by molar-refractivity contribution is 5.94. The summed E-state index contributed by atoms with van der Waals surface area (Å²) in [4.78, 5) is 42.6. The van der Waals surface area contributed by atoms with E-state index in [9.17, 15) is 35.1 Å². The summed E-state index contributed by atoms with van der Waals surface area (Å²) in [6.07, 6.45) is -0.436. The maximum atomic E-state index is 12.2. The fraction of sp³-hybridized carbons (Fsp3) is 0.133. The van der Waals surface area contributed by atoms with Crippen LogP contribution in [0.5, 0.6) is 5.75 Å². The molecule has 12 nitrogen and oxygen atoms in total. The number of nitrogens with one attached hydrogen (secondary N) is 1. The molecule has 2 rings (SSSR count). The molecule has 0 aliphatic carbocycles. The predicted octanol–water partition coefficient (Wildman–Crippen LogP) is 2.60. The highest BCUT2D eigenvalue weighted by atomic mass is 16.6. The Morgan fingerprint density at radius 2 is 1.56 bits per heavy atom. The molecule has 140 valence electrons. The quantitative estimate of drug-likeness (QED) is 0.568. The minimum Gasteiger partial charge on any atom is -0.494 e. The summed E-state index contributed by atoms with van der Waals surface area (Å²) in [6, 6.07) is 6.50. The molecule has 0 spiro atoms. The molecular formula is C15H12N4O8. The van der Waals surface area contributed by atoms with E-state index < -0.39 is 38.5 Å². The molecule has 0 aromatic heterocycles. The Labute approximate surface area is 150 Å². The average Bonchev–Trinajstić information content (AvgIpc) is 2.61. The summed E-state index contributed by atoms with van der Waals surface area (Å²) in [5.41, 5.74) is -1.16. The van der Waals surface area contributed by atoms with Crippen molar-refractivity contribution in [2.24, 2.45) is 0 Å². The molecule has 12 heteroatoms. The number of nitrogens with zero attached hydrogens (tertiary/aromatic N) is 3. The number of carbonyl (C=O) groups excluding carboxylic acids is 1. The molecule has 2 aromatic carbocycles. The van der Waals surface area contributed by atoms with Crippen LogP contribution in [0.2, 0.25) is 0 Å². The molecular weight excluding hydrogens is 364 g/mol. The summed E-state index contributed by atoms with van der Waals surface area (Å²) in [6.45, 7) is 0.